The molecule has 0 bridgehead atoms. The standard InChI is InChI=1S/C32H22N2O/c1-20-17-26-24-13-8-16-33-32(24)35-31(26)27(18-20)29-19-25(21-9-4-3-5-10-21)30-23-12-7-6-11-22(23)14-15-28(30)34(29)2/h3-19H,2H2,1H3. The van der Waals surface area contributed by atoms with Gasteiger partial charge in [0.1, 0.15) is 0 Å². The smallest absolute Gasteiger partial charge is 0.268 e. The molecule has 0 atom stereocenters. The Bertz CT molecular complexity index is 1830. The van der Waals surface area contributed by atoms with Crippen LogP contribution in [0.25, 0.3) is 38.4 Å². The highest BCUT2D eigenvalue weighted by molar-refractivity contribution is 6.07. The van der Waals surface area contributed by atoms with Gasteiger partial charge < -0.3 is 0 Å². The molecule has 1 aliphatic rings. The predicted molar refractivity (Wildman–Crippen MR) is 143 cm³/mol. The van der Waals surface area contributed by atoms with Crippen molar-refractivity contribution in [1.82, 2.24) is 4.98 Å². The Labute approximate surface area is 203 Å². The second-order valence-electron chi connectivity index (χ2n) is 9.07. The normalized spacial score (nSPS) is 13.5. The largest absolute Gasteiger partial charge is 0.377 e. The third kappa shape index (κ3) is 2.95. The summed E-state index contributed by atoms with van der Waals surface area (Å²) in [5.74, 6) is 0. The first kappa shape index (κ1) is 19.8. The minimum Gasteiger partial charge on any atom is -0.268 e. The Morgan fingerprint density at radius 1 is 0.857 bits per heavy atom. The van der Waals surface area contributed by atoms with Gasteiger partial charge in [-0.05, 0) is 47.0 Å². The summed E-state index contributed by atoms with van der Waals surface area (Å²) in [5.41, 5.74) is 8.29. The summed E-state index contributed by atoms with van der Waals surface area (Å²) in [5, 5.41) is 4.53. The fraction of sp³-hybridized carbons (Fsp3) is 0.0312. The zero-order valence-electron chi connectivity index (χ0n) is 19.3. The van der Waals surface area contributed by atoms with Crippen LogP contribution in [0.1, 0.15) is 22.3 Å². The fourth-order valence-corrected chi connectivity index (χ4v) is 5.30. The van der Waals surface area contributed by atoms with Crippen molar-refractivity contribution in [2.75, 3.05) is 0 Å². The molecule has 0 fully saturated rings. The third-order valence-electron chi connectivity index (χ3n) is 6.89. The van der Waals surface area contributed by atoms with Crippen LogP contribution >= 0.6 is 0 Å². The van der Waals surface area contributed by atoms with Crippen molar-refractivity contribution in [3.63, 3.8) is 0 Å². The van der Waals surface area contributed by atoms with Crippen LogP contribution in [0.15, 0.2) is 108 Å². The molecule has 35 heavy (non-hydrogen) atoms. The molecule has 7 rings (SSSR count). The Kier molecular flexibility index (Phi) is 4.21. The number of hydrogen-bond donors (Lipinski definition) is 0. The van der Waals surface area contributed by atoms with Crippen molar-refractivity contribution in [3.05, 3.63) is 132 Å². The second kappa shape index (κ2) is 7.44. The average Bonchev–Trinajstić information content (AvgIpc) is 3.27. The Morgan fingerprint density at radius 2 is 1.69 bits per heavy atom. The number of benzene rings is 4. The van der Waals surface area contributed by atoms with Crippen molar-refractivity contribution in [2.24, 2.45) is 0 Å². The summed E-state index contributed by atoms with van der Waals surface area (Å²) < 4.78 is 8.37. The van der Waals surface area contributed by atoms with Crippen molar-refractivity contribution in [3.8, 4) is 0 Å². The van der Waals surface area contributed by atoms with Gasteiger partial charge >= 0.3 is 5.71 Å². The molecule has 4 aromatic carbocycles. The molecule has 0 saturated heterocycles. The van der Waals surface area contributed by atoms with Crippen molar-refractivity contribution < 1.29 is 8.99 Å². The molecule has 3 heteroatoms. The maximum Gasteiger partial charge on any atom is 0.377 e. The summed E-state index contributed by atoms with van der Waals surface area (Å²) in [6, 6.07) is 32.8. The average molecular weight is 451 g/mol. The van der Waals surface area contributed by atoms with Crippen LogP contribution in [0.2, 0.25) is 0 Å². The molecule has 2 aromatic heterocycles. The summed E-state index contributed by atoms with van der Waals surface area (Å²) >= 11 is 0. The summed E-state index contributed by atoms with van der Waals surface area (Å²) in [6.07, 6.45) is 4.03. The van der Waals surface area contributed by atoms with E-state index in [-0.39, 0.29) is 0 Å². The Hall–Kier alpha value is -4.63. The highest BCUT2D eigenvalue weighted by atomic mass is 16.3. The maximum atomic E-state index is 6.32. The van der Waals surface area contributed by atoms with Gasteiger partial charge in [0.25, 0.3) is 5.58 Å². The van der Waals surface area contributed by atoms with Gasteiger partial charge in [0.15, 0.2) is 11.7 Å². The van der Waals surface area contributed by atoms with Crippen molar-refractivity contribution >= 4 is 50.8 Å². The minimum atomic E-state index is 0.653. The van der Waals surface area contributed by atoms with E-state index in [1.165, 1.54) is 33.0 Å². The van der Waals surface area contributed by atoms with E-state index in [0.717, 1.165) is 33.6 Å². The van der Waals surface area contributed by atoms with Gasteiger partial charge in [-0.3, -0.25) is 4.42 Å². The van der Waals surface area contributed by atoms with Crippen LogP contribution in [0.5, 0.6) is 0 Å². The molecule has 0 unspecified atom stereocenters. The molecule has 0 saturated carbocycles. The quantitative estimate of drug-likeness (QED) is 0.153. The SMILES string of the molecule is C=[N+]1c2ccc3ccccc3c2C(c2ccccc2)=C[C-]1c1cc(C)cc2c1[o+][c-]1ncccc21. The topological polar surface area (TPSA) is 27.2 Å². The first-order valence-electron chi connectivity index (χ1n) is 11.7. The number of fused-ring (bicyclic) bond motifs is 6. The predicted octanol–water partition coefficient (Wildman–Crippen LogP) is 7.81. The summed E-state index contributed by atoms with van der Waals surface area (Å²) in [7, 11) is 0. The van der Waals surface area contributed by atoms with Crippen LogP contribution in [0, 0.1) is 13.0 Å². The molecule has 166 valence electrons. The van der Waals surface area contributed by atoms with E-state index in [0.29, 0.717) is 5.71 Å². The number of aromatic nitrogens is 1. The van der Waals surface area contributed by atoms with E-state index in [9.17, 15) is 0 Å². The number of pyridine rings is 1. The molecule has 0 radical (unpaired) electrons. The van der Waals surface area contributed by atoms with Crippen LogP contribution in [0.4, 0.5) is 5.69 Å². The van der Waals surface area contributed by atoms with Crippen LogP contribution in [0.3, 0.4) is 0 Å². The van der Waals surface area contributed by atoms with Gasteiger partial charge in [0.2, 0.25) is 0 Å². The molecule has 0 aliphatic carbocycles. The van der Waals surface area contributed by atoms with Crippen LogP contribution in [-0.2, 0) is 0 Å². The van der Waals surface area contributed by atoms with Gasteiger partial charge in [-0.15, -0.1) is 12.1 Å². The van der Waals surface area contributed by atoms with Gasteiger partial charge in [-0.1, -0.05) is 83.9 Å². The molecule has 6 aromatic rings. The van der Waals surface area contributed by atoms with Gasteiger partial charge in [-0.2, -0.15) is 0 Å². The lowest BCUT2D eigenvalue weighted by atomic mass is 9.85. The van der Waals surface area contributed by atoms with E-state index in [1.54, 1.807) is 6.20 Å². The molecule has 0 amide bonds. The lowest BCUT2D eigenvalue weighted by molar-refractivity contribution is -0.400. The van der Waals surface area contributed by atoms with E-state index in [1.807, 2.05) is 10.6 Å². The zero-order valence-corrected chi connectivity index (χ0v) is 19.3. The Morgan fingerprint density at radius 3 is 2.57 bits per heavy atom. The van der Waals surface area contributed by atoms with E-state index < -0.39 is 0 Å². The van der Waals surface area contributed by atoms with E-state index in [4.69, 9.17) is 4.42 Å². The van der Waals surface area contributed by atoms with Gasteiger partial charge in [0.05, 0.1) is 12.3 Å². The molecule has 0 N–H and O–H groups in total. The molecule has 3 heterocycles. The maximum absolute atomic E-state index is 6.32. The van der Waals surface area contributed by atoms with Crippen molar-refractivity contribution in [2.45, 2.75) is 6.92 Å². The number of aryl methyl sites for hydroxylation is 1. The highest BCUT2D eigenvalue weighted by Crippen LogP contribution is 2.46. The lowest BCUT2D eigenvalue weighted by Gasteiger charge is -2.27. The van der Waals surface area contributed by atoms with Gasteiger partial charge in [-0.25, -0.2) is 9.56 Å². The summed E-state index contributed by atoms with van der Waals surface area (Å²) in [6.45, 7) is 6.64. The minimum absolute atomic E-state index is 0.653. The fourth-order valence-electron chi connectivity index (χ4n) is 5.30. The van der Waals surface area contributed by atoms with E-state index in [2.05, 4.69) is 110 Å². The molecule has 1 aliphatic heterocycles. The molecular weight excluding hydrogens is 428 g/mol. The van der Waals surface area contributed by atoms with Crippen LogP contribution in [-0.4, -0.2) is 16.3 Å². The number of rotatable bonds is 2. The summed E-state index contributed by atoms with van der Waals surface area (Å²) in [4.78, 5) is 4.47. The number of hydrogen-bond acceptors (Lipinski definition) is 1. The van der Waals surface area contributed by atoms with Crippen molar-refractivity contribution in [1.29, 1.82) is 0 Å². The monoisotopic (exact) mass is 450 g/mol. The van der Waals surface area contributed by atoms with E-state index >= 15 is 0 Å². The Balaban J connectivity index is 1.55. The van der Waals surface area contributed by atoms with Crippen LogP contribution < -0.4 is 0 Å². The molecular formula is C32H22N2O. The molecule has 0 spiro atoms. The molecule has 3 nitrogen and oxygen atoms in total. The number of nitrogens with zero attached hydrogens (tertiary/aromatic N) is 2. The lowest BCUT2D eigenvalue weighted by Crippen LogP contribution is -2.18. The first-order valence-corrected chi connectivity index (χ1v) is 11.7. The second-order valence-corrected chi connectivity index (χ2v) is 9.07. The third-order valence-corrected chi connectivity index (χ3v) is 6.89. The first-order chi connectivity index (χ1) is 17.2. The zero-order chi connectivity index (χ0) is 23.5. The number of furan rings is 1. The van der Waals surface area contributed by atoms with Gasteiger partial charge in [0, 0.05) is 10.9 Å². The highest BCUT2D eigenvalue weighted by Gasteiger charge is 2.32.